The van der Waals surface area contributed by atoms with E-state index >= 15 is 0 Å². The summed E-state index contributed by atoms with van der Waals surface area (Å²) in [5.41, 5.74) is 0.137. The molecule has 3 rings (SSSR count). The van der Waals surface area contributed by atoms with Crippen molar-refractivity contribution in [3.05, 3.63) is 0 Å². The Labute approximate surface area is 95.8 Å². The SMILES string of the molecule is CC1(C)COC(CCC2=NC3(CC3)CO2)=N1. The van der Waals surface area contributed by atoms with E-state index in [1.165, 1.54) is 12.8 Å². The molecule has 0 N–H and O–H groups in total. The zero-order chi connectivity index (χ0) is 11.2. The second-order valence-corrected chi connectivity index (χ2v) is 5.63. The van der Waals surface area contributed by atoms with E-state index in [1.54, 1.807) is 0 Å². The van der Waals surface area contributed by atoms with Crippen LogP contribution < -0.4 is 0 Å². The third-order valence-corrected chi connectivity index (χ3v) is 3.27. The van der Waals surface area contributed by atoms with Gasteiger partial charge in [-0.2, -0.15) is 0 Å². The smallest absolute Gasteiger partial charge is 0.184 e. The summed E-state index contributed by atoms with van der Waals surface area (Å²) in [5, 5.41) is 0. The molecule has 0 aromatic carbocycles. The summed E-state index contributed by atoms with van der Waals surface area (Å²) < 4.78 is 11.1. The fourth-order valence-electron chi connectivity index (χ4n) is 2.08. The number of nitrogens with zero attached hydrogens (tertiary/aromatic N) is 2. The van der Waals surface area contributed by atoms with Gasteiger partial charge in [-0.15, -0.1) is 0 Å². The van der Waals surface area contributed by atoms with E-state index in [9.17, 15) is 0 Å². The summed E-state index contributed by atoms with van der Waals surface area (Å²) in [7, 11) is 0. The zero-order valence-corrected chi connectivity index (χ0v) is 9.95. The molecule has 4 heteroatoms. The van der Waals surface area contributed by atoms with E-state index in [1.807, 2.05) is 0 Å². The highest BCUT2D eigenvalue weighted by atomic mass is 16.5. The van der Waals surface area contributed by atoms with Crippen LogP contribution in [-0.2, 0) is 9.47 Å². The van der Waals surface area contributed by atoms with Gasteiger partial charge in [-0.25, -0.2) is 9.98 Å². The molecule has 0 unspecified atom stereocenters. The van der Waals surface area contributed by atoms with Crippen LogP contribution in [0, 0.1) is 0 Å². The minimum Gasteiger partial charge on any atom is -0.478 e. The molecule has 2 heterocycles. The van der Waals surface area contributed by atoms with Gasteiger partial charge in [-0.1, -0.05) is 0 Å². The van der Waals surface area contributed by atoms with Gasteiger partial charge in [0.15, 0.2) is 11.8 Å². The third kappa shape index (κ3) is 1.93. The van der Waals surface area contributed by atoms with Crippen molar-refractivity contribution in [3.63, 3.8) is 0 Å². The molecule has 88 valence electrons. The molecule has 0 amide bonds. The third-order valence-electron chi connectivity index (χ3n) is 3.27. The summed E-state index contributed by atoms with van der Waals surface area (Å²) in [6, 6.07) is 0. The van der Waals surface area contributed by atoms with Crippen molar-refractivity contribution >= 4 is 11.8 Å². The molecule has 1 fully saturated rings. The molecule has 0 atom stereocenters. The van der Waals surface area contributed by atoms with Gasteiger partial charge >= 0.3 is 0 Å². The largest absolute Gasteiger partial charge is 0.478 e. The fourth-order valence-corrected chi connectivity index (χ4v) is 2.08. The standard InChI is InChI=1S/C12H18N2O2/c1-11(2)7-15-9(13-11)3-4-10-14-12(5-6-12)8-16-10/h3-8H2,1-2H3. The molecule has 0 aromatic rings. The van der Waals surface area contributed by atoms with Gasteiger partial charge in [0.25, 0.3) is 0 Å². The van der Waals surface area contributed by atoms with Gasteiger partial charge in [-0.3, -0.25) is 0 Å². The van der Waals surface area contributed by atoms with E-state index in [0.717, 1.165) is 31.2 Å². The number of ether oxygens (including phenoxy) is 2. The lowest BCUT2D eigenvalue weighted by molar-refractivity contribution is 0.272. The van der Waals surface area contributed by atoms with Crippen molar-refractivity contribution in [1.82, 2.24) is 0 Å². The van der Waals surface area contributed by atoms with E-state index in [2.05, 4.69) is 23.8 Å². The van der Waals surface area contributed by atoms with Gasteiger partial charge in [0, 0.05) is 12.8 Å². The van der Waals surface area contributed by atoms with Gasteiger partial charge in [-0.05, 0) is 26.7 Å². The molecule has 0 saturated heterocycles. The first-order valence-electron chi connectivity index (χ1n) is 6.00. The van der Waals surface area contributed by atoms with Crippen molar-refractivity contribution in [2.75, 3.05) is 13.2 Å². The van der Waals surface area contributed by atoms with Gasteiger partial charge < -0.3 is 9.47 Å². The lowest BCUT2D eigenvalue weighted by Crippen LogP contribution is -2.17. The molecule has 2 aliphatic heterocycles. The minimum absolute atomic E-state index is 0.0502. The maximum absolute atomic E-state index is 5.58. The highest BCUT2D eigenvalue weighted by Gasteiger charge is 2.47. The molecule has 0 aromatic heterocycles. The summed E-state index contributed by atoms with van der Waals surface area (Å²) in [5.74, 6) is 1.75. The first-order valence-corrected chi connectivity index (χ1v) is 6.00. The van der Waals surface area contributed by atoms with Crippen molar-refractivity contribution in [3.8, 4) is 0 Å². The Morgan fingerprint density at radius 2 is 1.62 bits per heavy atom. The Balaban J connectivity index is 1.54. The Morgan fingerprint density at radius 3 is 2.12 bits per heavy atom. The van der Waals surface area contributed by atoms with Crippen molar-refractivity contribution < 1.29 is 9.47 Å². The normalized spacial score (nSPS) is 28.4. The molecular formula is C12H18N2O2. The first-order chi connectivity index (χ1) is 7.57. The second kappa shape index (κ2) is 3.22. The number of rotatable bonds is 3. The predicted molar refractivity (Wildman–Crippen MR) is 62.1 cm³/mol. The Morgan fingerprint density at radius 1 is 1.00 bits per heavy atom. The van der Waals surface area contributed by atoms with Crippen molar-refractivity contribution in [2.45, 2.75) is 50.6 Å². The summed E-state index contributed by atoms with van der Waals surface area (Å²) in [6.07, 6.45) is 4.04. The Hall–Kier alpha value is -1.06. The highest BCUT2D eigenvalue weighted by Crippen LogP contribution is 2.43. The number of aliphatic imine (C=N–C) groups is 2. The number of hydrogen-bond acceptors (Lipinski definition) is 4. The number of hydrogen-bond donors (Lipinski definition) is 0. The average Bonchev–Trinajstić information content (AvgIpc) is 2.69. The molecule has 1 spiro atoms. The summed E-state index contributed by atoms with van der Waals surface area (Å²) in [6.45, 7) is 5.66. The summed E-state index contributed by atoms with van der Waals surface area (Å²) in [4.78, 5) is 9.13. The van der Waals surface area contributed by atoms with Gasteiger partial charge in [0.2, 0.25) is 0 Å². The lowest BCUT2D eigenvalue weighted by Gasteiger charge is -2.07. The highest BCUT2D eigenvalue weighted by molar-refractivity contribution is 5.85. The van der Waals surface area contributed by atoms with E-state index in [0.29, 0.717) is 6.61 Å². The van der Waals surface area contributed by atoms with Crippen LogP contribution in [0.25, 0.3) is 0 Å². The quantitative estimate of drug-likeness (QED) is 0.732. The van der Waals surface area contributed by atoms with Gasteiger partial charge in [0.1, 0.15) is 13.2 Å². The van der Waals surface area contributed by atoms with Crippen LogP contribution in [0.3, 0.4) is 0 Å². The first kappa shape index (κ1) is 10.1. The monoisotopic (exact) mass is 222 g/mol. The van der Waals surface area contributed by atoms with E-state index in [4.69, 9.17) is 9.47 Å². The molecule has 0 bridgehead atoms. The van der Waals surface area contributed by atoms with Crippen LogP contribution in [0.2, 0.25) is 0 Å². The molecular weight excluding hydrogens is 204 g/mol. The zero-order valence-electron chi connectivity index (χ0n) is 9.95. The van der Waals surface area contributed by atoms with E-state index in [-0.39, 0.29) is 11.1 Å². The maximum atomic E-state index is 5.58. The fraction of sp³-hybridized carbons (Fsp3) is 0.833. The molecule has 1 aliphatic carbocycles. The molecule has 0 radical (unpaired) electrons. The maximum Gasteiger partial charge on any atom is 0.184 e. The average molecular weight is 222 g/mol. The minimum atomic E-state index is -0.0502. The van der Waals surface area contributed by atoms with Crippen LogP contribution in [0.4, 0.5) is 0 Å². The van der Waals surface area contributed by atoms with Crippen molar-refractivity contribution in [2.24, 2.45) is 9.98 Å². The van der Waals surface area contributed by atoms with E-state index < -0.39 is 0 Å². The van der Waals surface area contributed by atoms with Crippen LogP contribution in [0.5, 0.6) is 0 Å². The van der Waals surface area contributed by atoms with Crippen molar-refractivity contribution in [1.29, 1.82) is 0 Å². The Kier molecular flexibility index (Phi) is 2.03. The topological polar surface area (TPSA) is 43.2 Å². The van der Waals surface area contributed by atoms with Crippen LogP contribution >= 0.6 is 0 Å². The van der Waals surface area contributed by atoms with Crippen LogP contribution in [-0.4, -0.2) is 36.1 Å². The summed E-state index contributed by atoms with van der Waals surface area (Å²) >= 11 is 0. The van der Waals surface area contributed by atoms with Crippen LogP contribution in [0.1, 0.15) is 39.5 Å². The van der Waals surface area contributed by atoms with Crippen LogP contribution in [0.15, 0.2) is 9.98 Å². The molecule has 16 heavy (non-hydrogen) atoms. The lowest BCUT2D eigenvalue weighted by atomic mass is 10.1. The Bertz CT molecular complexity index is 343. The molecule has 3 aliphatic rings. The molecule has 4 nitrogen and oxygen atoms in total. The van der Waals surface area contributed by atoms with Gasteiger partial charge in [0.05, 0.1) is 11.1 Å². The second-order valence-electron chi connectivity index (χ2n) is 5.63. The predicted octanol–water partition coefficient (Wildman–Crippen LogP) is 1.94. The molecule has 1 saturated carbocycles.